The fourth-order valence-corrected chi connectivity index (χ4v) is 4.13. The van der Waals surface area contributed by atoms with Crippen LogP contribution in [-0.4, -0.2) is 64.1 Å². The number of aliphatic carboxylic acids is 1. The van der Waals surface area contributed by atoms with Crippen LogP contribution in [-0.2, 0) is 14.4 Å². The number of thioether (sulfide) groups is 1. The first-order valence-electron chi connectivity index (χ1n) is 9.02. The van der Waals surface area contributed by atoms with Gasteiger partial charge in [0.2, 0.25) is 11.8 Å². The van der Waals surface area contributed by atoms with Crippen LogP contribution in [0.15, 0.2) is 29.2 Å². The molecule has 0 bridgehead atoms. The number of nitrogens with zero attached hydrogens (tertiary/aromatic N) is 2. The molecule has 0 radical (unpaired) electrons. The summed E-state index contributed by atoms with van der Waals surface area (Å²) in [7, 11) is 0. The summed E-state index contributed by atoms with van der Waals surface area (Å²) < 4.78 is 13.6. The van der Waals surface area contributed by atoms with Gasteiger partial charge in [0.15, 0.2) is 0 Å². The molecule has 2 amide bonds. The van der Waals surface area contributed by atoms with E-state index in [1.54, 1.807) is 23.1 Å². The van der Waals surface area contributed by atoms with E-state index in [1.807, 2.05) is 0 Å². The predicted molar refractivity (Wildman–Crippen MR) is 101 cm³/mol. The van der Waals surface area contributed by atoms with Gasteiger partial charge in [0.1, 0.15) is 12.4 Å². The van der Waals surface area contributed by atoms with E-state index in [0.717, 1.165) is 6.42 Å². The zero-order chi connectivity index (χ0) is 19.8. The molecule has 2 rings (SSSR count). The van der Waals surface area contributed by atoms with Crippen molar-refractivity contribution in [2.45, 2.75) is 43.5 Å². The number of carbonyl (C=O) groups is 3. The van der Waals surface area contributed by atoms with Crippen LogP contribution in [0.5, 0.6) is 0 Å². The molecule has 1 heterocycles. The lowest BCUT2D eigenvalue weighted by Gasteiger charge is -2.28. The van der Waals surface area contributed by atoms with Crippen molar-refractivity contribution < 1.29 is 23.9 Å². The number of hydrogen-bond acceptors (Lipinski definition) is 4. The molecule has 0 spiro atoms. The molecule has 1 aromatic carbocycles. The molecule has 1 aliphatic rings. The van der Waals surface area contributed by atoms with Crippen molar-refractivity contribution in [2.24, 2.45) is 0 Å². The molecule has 1 unspecified atom stereocenters. The Labute approximate surface area is 162 Å². The van der Waals surface area contributed by atoms with Crippen molar-refractivity contribution in [1.82, 2.24) is 9.80 Å². The Hall–Kier alpha value is -2.09. The summed E-state index contributed by atoms with van der Waals surface area (Å²) in [6.07, 6.45) is 2.29. The molecule has 1 fully saturated rings. The van der Waals surface area contributed by atoms with Crippen molar-refractivity contribution in [2.75, 3.05) is 25.4 Å². The van der Waals surface area contributed by atoms with E-state index in [-0.39, 0.29) is 30.2 Å². The zero-order valence-corrected chi connectivity index (χ0v) is 16.2. The molecule has 1 aromatic rings. The molecule has 8 heteroatoms. The van der Waals surface area contributed by atoms with Gasteiger partial charge in [-0.3, -0.25) is 14.4 Å². The molecule has 1 aliphatic heterocycles. The zero-order valence-electron chi connectivity index (χ0n) is 15.4. The highest BCUT2D eigenvalue weighted by Crippen LogP contribution is 2.23. The lowest BCUT2D eigenvalue weighted by Crippen LogP contribution is -2.43. The van der Waals surface area contributed by atoms with Gasteiger partial charge in [0, 0.05) is 43.1 Å². The fourth-order valence-electron chi connectivity index (χ4n) is 3.25. The SMILES string of the molecule is CC(=O)N(CC(=O)O)C1CCCN(C(=O)CCSc2ccccc2F)CC1. The molecule has 0 saturated carbocycles. The van der Waals surface area contributed by atoms with Crippen molar-refractivity contribution in [3.63, 3.8) is 0 Å². The highest BCUT2D eigenvalue weighted by molar-refractivity contribution is 7.99. The van der Waals surface area contributed by atoms with Gasteiger partial charge in [-0.15, -0.1) is 11.8 Å². The number of likely N-dealkylation sites (tertiary alicyclic amines) is 1. The second-order valence-corrected chi connectivity index (χ2v) is 7.67. The van der Waals surface area contributed by atoms with E-state index in [4.69, 9.17) is 5.11 Å². The first-order valence-corrected chi connectivity index (χ1v) is 10.0. The first-order chi connectivity index (χ1) is 12.9. The molecule has 1 saturated heterocycles. The number of carbonyl (C=O) groups excluding carboxylic acids is 2. The highest BCUT2D eigenvalue weighted by Gasteiger charge is 2.27. The minimum absolute atomic E-state index is 0.00657. The normalized spacial score (nSPS) is 17.3. The van der Waals surface area contributed by atoms with Gasteiger partial charge in [-0.05, 0) is 31.4 Å². The minimum atomic E-state index is -1.03. The number of rotatable bonds is 7. The largest absolute Gasteiger partial charge is 0.480 e. The Kier molecular flexibility index (Phi) is 8.09. The van der Waals surface area contributed by atoms with E-state index < -0.39 is 5.97 Å². The van der Waals surface area contributed by atoms with Crippen LogP contribution in [0.3, 0.4) is 0 Å². The number of benzene rings is 1. The molecule has 1 N–H and O–H groups in total. The number of hydrogen-bond donors (Lipinski definition) is 1. The van der Waals surface area contributed by atoms with Crippen LogP contribution >= 0.6 is 11.8 Å². The molecule has 148 valence electrons. The molecule has 0 aliphatic carbocycles. The van der Waals surface area contributed by atoms with Crippen LogP contribution < -0.4 is 0 Å². The summed E-state index contributed by atoms with van der Waals surface area (Å²) >= 11 is 1.32. The van der Waals surface area contributed by atoms with E-state index in [1.165, 1.54) is 29.7 Å². The third kappa shape index (κ3) is 6.53. The summed E-state index contributed by atoms with van der Waals surface area (Å²) in [6, 6.07) is 6.33. The van der Waals surface area contributed by atoms with Gasteiger partial charge >= 0.3 is 5.97 Å². The van der Waals surface area contributed by atoms with Crippen molar-refractivity contribution in [3.8, 4) is 0 Å². The topological polar surface area (TPSA) is 77.9 Å². The average Bonchev–Trinajstić information content (AvgIpc) is 2.87. The summed E-state index contributed by atoms with van der Waals surface area (Å²) in [4.78, 5) is 38.9. The first kappa shape index (κ1) is 21.2. The van der Waals surface area contributed by atoms with Crippen LogP contribution in [0.25, 0.3) is 0 Å². The lowest BCUT2D eigenvalue weighted by atomic mass is 10.1. The van der Waals surface area contributed by atoms with Crippen LogP contribution in [0.2, 0.25) is 0 Å². The van der Waals surface area contributed by atoms with Gasteiger partial charge in [0.05, 0.1) is 0 Å². The van der Waals surface area contributed by atoms with Gasteiger partial charge in [-0.2, -0.15) is 0 Å². The molecule has 0 aromatic heterocycles. The standard InChI is InChI=1S/C19H25FN2O4S/c1-14(23)22(13-19(25)26)15-5-4-10-21(11-8-15)18(24)9-12-27-17-7-3-2-6-16(17)20/h2-3,6-7,15H,4-5,8-13H2,1H3,(H,25,26). The number of carboxylic acids is 1. The van der Waals surface area contributed by atoms with Gasteiger partial charge < -0.3 is 14.9 Å². The Morgan fingerprint density at radius 2 is 2.00 bits per heavy atom. The van der Waals surface area contributed by atoms with Crippen molar-refractivity contribution in [3.05, 3.63) is 30.1 Å². The Bertz CT molecular complexity index is 685. The third-order valence-corrected chi connectivity index (χ3v) is 5.66. The Balaban J connectivity index is 1.84. The summed E-state index contributed by atoms with van der Waals surface area (Å²) in [6.45, 7) is 2.15. The predicted octanol–water partition coefficient (Wildman–Crippen LogP) is 2.62. The van der Waals surface area contributed by atoms with Crippen molar-refractivity contribution in [1.29, 1.82) is 0 Å². The maximum Gasteiger partial charge on any atom is 0.323 e. The molecule has 6 nitrogen and oxygen atoms in total. The second-order valence-electron chi connectivity index (χ2n) is 6.54. The van der Waals surface area contributed by atoms with Crippen LogP contribution in [0, 0.1) is 5.82 Å². The second kappa shape index (κ2) is 10.3. The summed E-state index contributed by atoms with van der Waals surface area (Å²) in [5.74, 6) is -1.07. The van der Waals surface area contributed by atoms with Gasteiger partial charge in [0.25, 0.3) is 0 Å². The molecular formula is C19H25FN2O4S. The Morgan fingerprint density at radius 3 is 2.67 bits per heavy atom. The van der Waals surface area contributed by atoms with E-state index in [2.05, 4.69) is 0 Å². The monoisotopic (exact) mass is 396 g/mol. The maximum absolute atomic E-state index is 13.6. The number of halogens is 1. The Morgan fingerprint density at radius 1 is 1.26 bits per heavy atom. The molecular weight excluding hydrogens is 371 g/mol. The lowest BCUT2D eigenvalue weighted by molar-refractivity contribution is -0.145. The smallest absolute Gasteiger partial charge is 0.323 e. The third-order valence-electron chi connectivity index (χ3n) is 4.61. The summed E-state index contributed by atoms with van der Waals surface area (Å²) in [5, 5.41) is 9.00. The molecule has 27 heavy (non-hydrogen) atoms. The maximum atomic E-state index is 13.6. The highest BCUT2D eigenvalue weighted by atomic mass is 32.2. The number of amides is 2. The van der Waals surface area contributed by atoms with Crippen LogP contribution in [0.4, 0.5) is 4.39 Å². The van der Waals surface area contributed by atoms with E-state index in [9.17, 15) is 18.8 Å². The average molecular weight is 396 g/mol. The minimum Gasteiger partial charge on any atom is -0.480 e. The van der Waals surface area contributed by atoms with Gasteiger partial charge in [-0.1, -0.05) is 12.1 Å². The van der Waals surface area contributed by atoms with E-state index >= 15 is 0 Å². The number of carboxylic acid groups (broad SMARTS) is 1. The van der Waals surface area contributed by atoms with E-state index in [0.29, 0.717) is 43.0 Å². The molecule has 1 atom stereocenters. The van der Waals surface area contributed by atoms with Gasteiger partial charge in [-0.25, -0.2) is 4.39 Å². The summed E-state index contributed by atoms with van der Waals surface area (Å²) in [5.41, 5.74) is 0. The van der Waals surface area contributed by atoms with Crippen molar-refractivity contribution >= 4 is 29.5 Å². The fraction of sp³-hybridized carbons (Fsp3) is 0.526. The van der Waals surface area contributed by atoms with Crippen LogP contribution in [0.1, 0.15) is 32.6 Å². The quantitative estimate of drug-likeness (QED) is 0.717.